The largest absolute Gasteiger partial charge is 0.322 e. The molecular formula is C25H22FN3O2. The van der Waals surface area contributed by atoms with Crippen molar-refractivity contribution in [2.75, 3.05) is 10.6 Å². The van der Waals surface area contributed by atoms with E-state index in [-0.39, 0.29) is 22.4 Å². The Morgan fingerprint density at radius 2 is 1.48 bits per heavy atom. The van der Waals surface area contributed by atoms with Crippen molar-refractivity contribution < 1.29 is 14.0 Å². The summed E-state index contributed by atoms with van der Waals surface area (Å²) in [5.41, 5.74) is 2.49. The number of nitrogens with one attached hydrogen (secondary N) is 2. The highest BCUT2D eigenvalue weighted by Gasteiger charge is 2.15. The van der Waals surface area contributed by atoms with Crippen LogP contribution >= 0.6 is 0 Å². The van der Waals surface area contributed by atoms with E-state index in [9.17, 15) is 14.0 Å². The van der Waals surface area contributed by atoms with Gasteiger partial charge in [-0.1, -0.05) is 39.0 Å². The monoisotopic (exact) mass is 415 g/mol. The van der Waals surface area contributed by atoms with E-state index in [0.29, 0.717) is 16.9 Å². The van der Waals surface area contributed by atoms with Crippen molar-refractivity contribution >= 4 is 23.2 Å². The molecule has 3 rings (SSSR count). The van der Waals surface area contributed by atoms with Crippen LogP contribution in [0.25, 0.3) is 0 Å². The lowest BCUT2D eigenvalue weighted by Crippen LogP contribution is -2.15. The first-order valence-electron chi connectivity index (χ1n) is 9.70. The Labute approximate surface area is 180 Å². The fourth-order valence-electron chi connectivity index (χ4n) is 2.97. The molecule has 0 bridgehead atoms. The summed E-state index contributed by atoms with van der Waals surface area (Å²) in [6, 6.07) is 19.4. The van der Waals surface area contributed by atoms with Gasteiger partial charge in [0.25, 0.3) is 11.8 Å². The fraction of sp³-hybridized carbons (Fsp3) is 0.160. The van der Waals surface area contributed by atoms with Gasteiger partial charge in [-0.15, -0.1) is 0 Å². The predicted octanol–water partition coefficient (Wildman–Crippen LogP) is 5.50. The summed E-state index contributed by atoms with van der Waals surface area (Å²) in [4.78, 5) is 24.9. The van der Waals surface area contributed by atoms with Crippen LogP contribution in [0.4, 0.5) is 15.8 Å². The molecule has 5 nitrogen and oxygen atoms in total. The maximum Gasteiger partial charge on any atom is 0.258 e. The summed E-state index contributed by atoms with van der Waals surface area (Å²) in [7, 11) is 0. The summed E-state index contributed by atoms with van der Waals surface area (Å²) in [5, 5.41) is 14.2. The van der Waals surface area contributed by atoms with Crippen LogP contribution in [0.3, 0.4) is 0 Å². The number of nitrogens with zero attached hydrogens (tertiary/aromatic N) is 1. The number of hydrogen-bond acceptors (Lipinski definition) is 3. The van der Waals surface area contributed by atoms with Gasteiger partial charge in [-0.2, -0.15) is 5.26 Å². The van der Waals surface area contributed by atoms with Gasteiger partial charge in [-0.3, -0.25) is 9.59 Å². The molecule has 156 valence electrons. The molecule has 0 fully saturated rings. The summed E-state index contributed by atoms with van der Waals surface area (Å²) >= 11 is 0. The molecule has 0 spiro atoms. The molecule has 0 radical (unpaired) electrons. The summed E-state index contributed by atoms with van der Waals surface area (Å²) in [5.74, 6) is -1.70. The molecule has 0 aliphatic carbocycles. The van der Waals surface area contributed by atoms with Crippen molar-refractivity contribution in [1.29, 1.82) is 5.26 Å². The highest BCUT2D eigenvalue weighted by atomic mass is 19.1. The van der Waals surface area contributed by atoms with Gasteiger partial charge in [0.15, 0.2) is 0 Å². The van der Waals surface area contributed by atoms with Gasteiger partial charge in [0.05, 0.1) is 17.2 Å². The van der Waals surface area contributed by atoms with Gasteiger partial charge >= 0.3 is 0 Å². The Hall–Kier alpha value is -3.98. The first-order valence-corrected chi connectivity index (χ1v) is 9.70. The quantitative estimate of drug-likeness (QED) is 0.590. The molecule has 3 aromatic carbocycles. The average Bonchev–Trinajstić information content (AvgIpc) is 2.73. The molecule has 0 aromatic heterocycles. The van der Waals surface area contributed by atoms with Crippen LogP contribution in [0.5, 0.6) is 0 Å². The van der Waals surface area contributed by atoms with Gasteiger partial charge in [0.2, 0.25) is 0 Å². The van der Waals surface area contributed by atoms with E-state index in [1.165, 1.54) is 12.1 Å². The average molecular weight is 415 g/mol. The Balaban J connectivity index is 1.71. The van der Waals surface area contributed by atoms with Crippen LogP contribution in [0, 0.1) is 17.1 Å². The first-order chi connectivity index (χ1) is 14.7. The van der Waals surface area contributed by atoms with Crippen molar-refractivity contribution in [3.63, 3.8) is 0 Å². The van der Waals surface area contributed by atoms with Crippen LogP contribution in [-0.4, -0.2) is 11.8 Å². The third kappa shape index (κ3) is 5.34. The molecule has 6 heteroatoms. The second-order valence-corrected chi connectivity index (χ2v) is 8.12. The highest BCUT2D eigenvalue weighted by Crippen LogP contribution is 2.23. The molecule has 0 aliphatic rings. The van der Waals surface area contributed by atoms with Crippen molar-refractivity contribution in [2.45, 2.75) is 26.2 Å². The van der Waals surface area contributed by atoms with Crippen molar-refractivity contribution in [3.05, 3.63) is 94.8 Å². The number of hydrogen-bond donors (Lipinski definition) is 2. The number of carbonyl (C=O) groups is 2. The smallest absolute Gasteiger partial charge is 0.258 e. The zero-order valence-electron chi connectivity index (χ0n) is 17.5. The van der Waals surface area contributed by atoms with Crippen molar-refractivity contribution in [2.24, 2.45) is 0 Å². The van der Waals surface area contributed by atoms with Gasteiger partial charge < -0.3 is 10.6 Å². The zero-order valence-corrected chi connectivity index (χ0v) is 17.5. The lowest BCUT2D eigenvalue weighted by molar-refractivity contribution is 0.101. The van der Waals surface area contributed by atoms with E-state index in [1.54, 1.807) is 36.4 Å². The minimum absolute atomic E-state index is 0.00402. The van der Waals surface area contributed by atoms with E-state index in [0.717, 1.165) is 11.6 Å². The number of anilines is 2. The van der Waals surface area contributed by atoms with Crippen LogP contribution in [0.15, 0.2) is 66.7 Å². The molecule has 2 amide bonds. The van der Waals surface area contributed by atoms with E-state index < -0.39 is 11.7 Å². The lowest BCUT2D eigenvalue weighted by atomic mass is 9.87. The summed E-state index contributed by atoms with van der Waals surface area (Å²) < 4.78 is 14.1. The van der Waals surface area contributed by atoms with E-state index >= 15 is 0 Å². The number of nitriles is 1. The van der Waals surface area contributed by atoms with E-state index in [2.05, 4.69) is 31.4 Å². The SMILES string of the molecule is CC(C)(C)c1ccc(C(=O)Nc2cccc(NC(=O)c3ccc(C#N)cc3F)c2)cc1. The Morgan fingerprint density at radius 3 is 2.03 bits per heavy atom. The fourth-order valence-corrected chi connectivity index (χ4v) is 2.97. The van der Waals surface area contributed by atoms with Gasteiger partial charge in [-0.05, 0) is 59.5 Å². The molecule has 0 aliphatic heterocycles. The number of amides is 2. The topological polar surface area (TPSA) is 82.0 Å². The van der Waals surface area contributed by atoms with Gasteiger partial charge in [0.1, 0.15) is 5.82 Å². The molecule has 0 saturated heterocycles. The van der Waals surface area contributed by atoms with Crippen LogP contribution in [0.1, 0.15) is 52.6 Å². The summed E-state index contributed by atoms with van der Waals surface area (Å²) in [6.07, 6.45) is 0. The molecule has 0 unspecified atom stereocenters. The van der Waals surface area contributed by atoms with Crippen LogP contribution < -0.4 is 10.6 Å². The van der Waals surface area contributed by atoms with Crippen molar-refractivity contribution in [1.82, 2.24) is 0 Å². The normalized spacial score (nSPS) is 10.8. The van der Waals surface area contributed by atoms with Gasteiger partial charge in [-0.25, -0.2) is 4.39 Å². The second kappa shape index (κ2) is 8.80. The molecular weight excluding hydrogens is 393 g/mol. The summed E-state index contributed by atoms with van der Waals surface area (Å²) in [6.45, 7) is 6.31. The Bertz CT molecular complexity index is 1170. The lowest BCUT2D eigenvalue weighted by Gasteiger charge is -2.19. The molecule has 0 heterocycles. The standard InChI is InChI=1S/C25H22FN3O2/c1-25(2,3)18-10-8-17(9-11-18)23(30)28-19-5-4-6-20(14-19)29-24(31)21-12-7-16(15-27)13-22(21)26/h4-14H,1-3H3,(H,28,30)(H,29,31). The maximum absolute atomic E-state index is 14.1. The molecule has 0 atom stereocenters. The van der Waals surface area contributed by atoms with Crippen LogP contribution in [-0.2, 0) is 5.41 Å². The molecule has 2 N–H and O–H groups in total. The van der Waals surface area contributed by atoms with E-state index in [1.807, 2.05) is 18.2 Å². The predicted molar refractivity (Wildman–Crippen MR) is 119 cm³/mol. The zero-order chi connectivity index (χ0) is 22.6. The van der Waals surface area contributed by atoms with E-state index in [4.69, 9.17) is 5.26 Å². The number of carbonyl (C=O) groups excluding carboxylic acids is 2. The number of benzene rings is 3. The van der Waals surface area contributed by atoms with Crippen molar-refractivity contribution in [3.8, 4) is 6.07 Å². The number of halogens is 1. The Kier molecular flexibility index (Phi) is 6.17. The second-order valence-electron chi connectivity index (χ2n) is 8.12. The third-order valence-corrected chi connectivity index (χ3v) is 4.73. The molecule has 3 aromatic rings. The maximum atomic E-state index is 14.1. The Morgan fingerprint density at radius 1 is 0.871 bits per heavy atom. The number of rotatable bonds is 4. The molecule has 31 heavy (non-hydrogen) atoms. The highest BCUT2D eigenvalue weighted by molar-refractivity contribution is 6.06. The first kappa shape index (κ1) is 21.7. The minimum Gasteiger partial charge on any atom is -0.322 e. The third-order valence-electron chi connectivity index (χ3n) is 4.73. The van der Waals surface area contributed by atoms with Crippen LogP contribution in [0.2, 0.25) is 0 Å². The minimum atomic E-state index is -0.778. The molecule has 0 saturated carbocycles. The van der Waals surface area contributed by atoms with Gasteiger partial charge in [0, 0.05) is 16.9 Å².